The molecule has 2 aromatic rings. The van der Waals surface area contributed by atoms with Gasteiger partial charge in [-0.05, 0) is 29.8 Å². The first-order chi connectivity index (χ1) is 10.6. The molecule has 110 valence electrons. The van der Waals surface area contributed by atoms with E-state index in [0.717, 1.165) is 5.56 Å². The van der Waals surface area contributed by atoms with Crippen molar-refractivity contribution in [2.24, 2.45) is 5.73 Å². The minimum absolute atomic E-state index is 0.224. The summed E-state index contributed by atoms with van der Waals surface area (Å²) in [6.07, 6.45) is 3.21. The van der Waals surface area contributed by atoms with Crippen molar-refractivity contribution in [1.82, 2.24) is 10.3 Å². The van der Waals surface area contributed by atoms with Crippen LogP contribution >= 0.6 is 0 Å². The molecule has 0 aliphatic heterocycles. The lowest BCUT2D eigenvalue weighted by atomic mass is 10.0. The van der Waals surface area contributed by atoms with Crippen molar-refractivity contribution in [3.05, 3.63) is 65.5 Å². The second kappa shape index (κ2) is 6.99. The Labute approximate surface area is 127 Å². The van der Waals surface area contributed by atoms with E-state index < -0.39 is 17.9 Å². The smallest absolute Gasteiger partial charge is 0.252 e. The quantitative estimate of drug-likeness (QED) is 0.849. The number of benzene rings is 1. The monoisotopic (exact) mass is 294 g/mol. The zero-order chi connectivity index (χ0) is 15.9. The van der Waals surface area contributed by atoms with E-state index in [2.05, 4.69) is 10.3 Å². The van der Waals surface area contributed by atoms with Gasteiger partial charge in [-0.15, -0.1) is 0 Å². The second-order valence-electron chi connectivity index (χ2n) is 4.68. The number of pyridine rings is 1. The fourth-order valence-corrected chi connectivity index (χ4v) is 1.97. The van der Waals surface area contributed by atoms with E-state index in [1.807, 2.05) is 6.07 Å². The number of nitrogens with one attached hydrogen (secondary N) is 1. The highest BCUT2D eigenvalue weighted by Crippen LogP contribution is 2.08. The van der Waals surface area contributed by atoms with Crippen LogP contribution in [-0.2, 0) is 11.2 Å². The highest BCUT2D eigenvalue weighted by molar-refractivity contribution is 5.97. The van der Waals surface area contributed by atoms with Crippen molar-refractivity contribution >= 4 is 11.8 Å². The Morgan fingerprint density at radius 1 is 1.27 bits per heavy atom. The zero-order valence-electron chi connectivity index (χ0n) is 11.7. The van der Waals surface area contributed by atoms with E-state index in [0.29, 0.717) is 11.1 Å². The van der Waals surface area contributed by atoms with Crippen molar-refractivity contribution in [2.75, 3.05) is 0 Å². The lowest BCUT2D eigenvalue weighted by Crippen LogP contribution is -2.45. The van der Waals surface area contributed by atoms with Crippen molar-refractivity contribution in [1.29, 1.82) is 5.26 Å². The number of nitrogens with zero attached hydrogens (tertiary/aromatic N) is 2. The van der Waals surface area contributed by atoms with Gasteiger partial charge in [0.1, 0.15) is 6.04 Å². The summed E-state index contributed by atoms with van der Waals surface area (Å²) in [5.74, 6) is -1.03. The summed E-state index contributed by atoms with van der Waals surface area (Å²) >= 11 is 0. The molecule has 6 heteroatoms. The van der Waals surface area contributed by atoms with E-state index in [9.17, 15) is 9.59 Å². The fraction of sp³-hybridized carbons (Fsp3) is 0.125. The number of nitrogens with two attached hydrogens (primary N) is 1. The van der Waals surface area contributed by atoms with Crippen LogP contribution in [0, 0.1) is 11.3 Å². The maximum atomic E-state index is 12.1. The standard InChI is InChI=1S/C16H14N4O2/c17-10-12-3-1-2-11(8-12)9-14(15(18)21)20-16(22)13-4-6-19-7-5-13/h1-8,14H,9H2,(H2,18,21)(H,20,22)/t14-/m0/s1. The first-order valence-electron chi connectivity index (χ1n) is 6.59. The van der Waals surface area contributed by atoms with Crippen molar-refractivity contribution in [2.45, 2.75) is 12.5 Å². The Kier molecular flexibility index (Phi) is 4.83. The number of carbonyl (C=O) groups is 2. The predicted molar refractivity (Wildman–Crippen MR) is 79.5 cm³/mol. The third kappa shape index (κ3) is 3.90. The van der Waals surface area contributed by atoms with Gasteiger partial charge in [0.25, 0.3) is 5.91 Å². The first kappa shape index (κ1) is 15.2. The van der Waals surface area contributed by atoms with Gasteiger partial charge in [0, 0.05) is 24.4 Å². The van der Waals surface area contributed by atoms with Crippen LogP contribution in [0.2, 0.25) is 0 Å². The fourth-order valence-electron chi connectivity index (χ4n) is 1.97. The Bertz CT molecular complexity index is 722. The Morgan fingerprint density at radius 3 is 2.64 bits per heavy atom. The van der Waals surface area contributed by atoms with E-state index >= 15 is 0 Å². The first-order valence-corrected chi connectivity index (χ1v) is 6.59. The highest BCUT2D eigenvalue weighted by Gasteiger charge is 2.19. The topological polar surface area (TPSA) is 109 Å². The molecule has 0 saturated heterocycles. The lowest BCUT2D eigenvalue weighted by molar-refractivity contribution is -0.119. The molecule has 0 fully saturated rings. The summed E-state index contributed by atoms with van der Waals surface area (Å²) in [7, 11) is 0. The summed E-state index contributed by atoms with van der Waals surface area (Å²) < 4.78 is 0. The van der Waals surface area contributed by atoms with Gasteiger partial charge in [-0.25, -0.2) is 0 Å². The van der Waals surface area contributed by atoms with Crippen LogP contribution in [0.15, 0.2) is 48.8 Å². The van der Waals surface area contributed by atoms with Crippen molar-refractivity contribution in [3.63, 3.8) is 0 Å². The Morgan fingerprint density at radius 2 is 2.00 bits per heavy atom. The van der Waals surface area contributed by atoms with Crippen LogP contribution in [0.1, 0.15) is 21.5 Å². The molecule has 0 aliphatic rings. The molecule has 3 N–H and O–H groups in total. The van der Waals surface area contributed by atoms with Gasteiger partial charge in [-0.3, -0.25) is 14.6 Å². The maximum Gasteiger partial charge on any atom is 0.252 e. The molecule has 0 radical (unpaired) electrons. The molecule has 6 nitrogen and oxygen atoms in total. The van der Waals surface area contributed by atoms with Gasteiger partial charge in [0.2, 0.25) is 5.91 Å². The van der Waals surface area contributed by atoms with Gasteiger partial charge in [0.15, 0.2) is 0 Å². The van der Waals surface area contributed by atoms with Crippen LogP contribution in [-0.4, -0.2) is 22.8 Å². The maximum absolute atomic E-state index is 12.1. The Hall–Kier alpha value is -3.20. The van der Waals surface area contributed by atoms with Crippen LogP contribution in [0.5, 0.6) is 0 Å². The molecule has 1 heterocycles. The number of primary amides is 1. The van der Waals surface area contributed by atoms with Gasteiger partial charge in [-0.1, -0.05) is 12.1 Å². The minimum atomic E-state index is -0.852. The van der Waals surface area contributed by atoms with Crippen LogP contribution in [0.3, 0.4) is 0 Å². The van der Waals surface area contributed by atoms with E-state index in [1.54, 1.807) is 36.4 Å². The molecule has 22 heavy (non-hydrogen) atoms. The number of rotatable bonds is 5. The van der Waals surface area contributed by atoms with Crippen LogP contribution in [0.4, 0.5) is 0 Å². The number of hydrogen-bond acceptors (Lipinski definition) is 4. The summed E-state index contributed by atoms with van der Waals surface area (Å²) in [5.41, 5.74) is 6.98. The highest BCUT2D eigenvalue weighted by atomic mass is 16.2. The molecule has 0 spiro atoms. The van der Waals surface area contributed by atoms with Crippen molar-refractivity contribution in [3.8, 4) is 6.07 Å². The average molecular weight is 294 g/mol. The summed E-state index contributed by atoms with van der Waals surface area (Å²) in [5, 5.41) is 11.5. The molecule has 0 unspecified atom stereocenters. The molecule has 0 saturated carbocycles. The second-order valence-corrected chi connectivity index (χ2v) is 4.68. The molecule has 0 aliphatic carbocycles. The molecular weight excluding hydrogens is 280 g/mol. The lowest BCUT2D eigenvalue weighted by Gasteiger charge is -2.15. The van der Waals surface area contributed by atoms with E-state index in [1.165, 1.54) is 12.4 Å². The third-order valence-corrected chi connectivity index (χ3v) is 3.09. The summed E-state index contributed by atoms with van der Waals surface area (Å²) in [6, 6.07) is 11.1. The SMILES string of the molecule is N#Cc1cccc(C[C@H](NC(=O)c2ccncc2)C(N)=O)c1. The Balaban J connectivity index is 2.12. The van der Waals surface area contributed by atoms with Crippen LogP contribution < -0.4 is 11.1 Å². The molecular formula is C16H14N4O2. The molecule has 0 bridgehead atoms. The molecule has 2 rings (SSSR count). The molecule has 1 atom stereocenters. The van der Waals surface area contributed by atoms with Crippen molar-refractivity contribution < 1.29 is 9.59 Å². The minimum Gasteiger partial charge on any atom is -0.368 e. The molecule has 1 aromatic carbocycles. The number of nitriles is 1. The van der Waals surface area contributed by atoms with Gasteiger partial charge >= 0.3 is 0 Å². The van der Waals surface area contributed by atoms with Crippen LogP contribution in [0.25, 0.3) is 0 Å². The van der Waals surface area contributed by atoms with Gasteiger partial charge < -0.3 is 11.1 Å². The zero-order valence-corrected chi connectivity index (χ0v) is 11.7. The third-order valence-electron chi connectivity index (χ3n) is 3.09. The predicted octanol–water partition coefficient (Wildman–Crippen LogP) is 0.780. The van der Waals surface area contributed by atoms with Gasteiger partial charge in [0.05, 0.1) is 11.6 Å². The average Bonchev–Trinajstić information content (AvgIpc) is 2.55. The molecule has 2 amide bonds. The van der Waals surface area contributed by atoms with E-state index in [-0.39, 0.29) is 6.42 Å². The number of amides is 2. The summed E-state index contributed by atoms with van der Waals surface area (Å²) in [6.45, 7) is 0. The molecule has 1 aromatic heterocycles. The largest absolute Gasteiger partial charge is 0.368 e. The van der Waals surface area contributed by atoms with Gasteiger partial charge in [-0.2, -0.15) is 5.26 Å². The number of hydrogen-bond donors (Lipinski definition) is 2. The normalized spacial score (nSPS) is 11.2. The van der Waals surface area contributed by atoms with E-state index in [4.69, 9.17) is 11.0 Å². The summed E-state index contributed by atoms with van der Waals surface area (Å²) in [4.78, 5) is 27.5. The number of carbonyl (C=O) groups excluding carboxylic acids is 2. The number of aromatic nitrogens is 1.